The highest BCUT2D eigenvalue weighted by Gasteiger charge is 2.09. The van der Waals surface area contributed by atoms with Crippen molar-refractivity contribution >= 4 is 17.5 Å². The van der Waals surface area contributed by atoms with Gasteiger partial charge in [0, 0.05) is 29.9 Å². The van der Waals surface area contributed by atoms with Crippen molar-refractivity contribution in [1.82, 2.24) is 9.97 Å². The first-order valence-electron chi connectivity index (χ1n) is 8.41. The second kappa shape index (κ2) is 8.35. The standard InChI is InChI=1S/C20H21FN4O2/c1-13-10-19(22-12-14-6-4-5-7-16(14)21)25-20(23-13)24-17-11-15(26-2)8-9-18(17)27-3/h4-11H,12H2,1-3H3,(H2,22,23,24,25). The number of hydrogen-bond donors (Lipinski definition) is 2. The van der Waals surface area contributed by atoms with Crippen LogP contribution < -0.4 is 20.1 Å². The minimum absolute atomic E-state index is 0.254. The van der Waals surface area contributed by atoms with Gasteiger partial charge < -0.3 is 20.1 Å². The van der Waals surface area contributed by atoms with Crippen LogP contribution in [-0.2, 0) is 6.54 Å². The van der Waals surface area contributed by atoms with Gasteiger partial charge in [0.25, 0.3) is 0 Å². The van der Waals surface area contributed by atoms with E-state index in [1.165, 1.54) is 6.07 Å². The average molecular weight is 368 g/mol. The van der Waals surface area contributed by atoms with E-state index in [0.29, 0.717) is 41.1 Å². The van der Waals surface area contributed by atoms with Crippen LogP contribution in [0.25, 0.3) is 0 Å². The molecule has 1 heterocycles. The van der Waals surface area contributed by atoms with Crippen LogP contribution >= 0.6 is 0 Å². The summed E-state index contributed by atoms with van der Waals surface area (Å²) in [7, 11) is 3.19. The van der Waals surface area contributed by atoms with Crippen LogP contribution in [0.15, 0.2) is 48.5 Å². The second-order valence-corrected chi connectivity index (χ2v) is 5.85. The highest BCUT2D eigenvalue weighted by atomic mass is 19.1. The van der Waals surface area contributed by atoms with Gasteiger partial charge in [0.2, 0.25) is 5.95 Å². The Morgan fingerprint density at radius 1 is 1.00 bits per heavy atom. The molecule has 140 valence electrons. The molecular formula is C20H21FN4O2. The van der Waals surface area contributed by atoms with Crippen LogP contribution in [0.2, 0.25) is 0 Å². The SMILES string of the molecule is COc1ccc(OC)c(Nc2nc(C)cc(NCc3ccccc3F)n2)c1. The lowest BCUT2D eigenvalue weighted by Gasteiger charge is -2.13. The molecule has 2 N–H and O–H groups in total. The molecule has 0 radical (unpaired) electrons. The number of halogens is 1. The Hall–Kier alpha value is -3.35. The zero-order valence-corrected chi connectivity index (χ0v) is 15.4. The highest BCUT2D eigenvalue weighted by molar-refractivity contribution is 5.65. The summed E-state index contributed by atoms with van der Waals surface area (Å²) < 4.78 is 24.4. The Labute approximate surface area is 157 Å². The van der Waals surface area contributed by atoms with Crippen molar-refractivity contribution in [3.8, 4) is 11.5 Å². The Balaban J connectivity index is 1.80. The number of benzene rings is 2. The summed E-state index contributed by atoms with van der Waals surface area (Å²) in [5, 5.41) is 6.28. The maximum atomic E-state index is 13.8. The predicted octanol–water partition coefficient (Wildman–Crippen LogP) is 4.30. The van der Waals surface area contributed by atoms with Crippen molar-refractivity contribution in [1.29, 1.82) is 0 Å². The van der Waals surface area contributed by atoms with Gasteiger partial charge in [-0.1, -0.05) is 18.2 Å². The number of nitrogens with zero attached hydrogens (tertiary/aromatic N) is 2. The van der Waals surface area contributed by atoms with Crippen molar-refractivity contribution in [3.63, 3.8) is 0 Å². The van der Waals surface area contributed by atoms with E-state index in [9.17, 15) is 4.39 Å². The molecule has 7 heteroatoms. The van der Waals surface area contributed by atoms with E-state index >= 15 is 0 Å². The van der Waals surface area contributed by atoms with E-state index in [1.807, 2.05) is 13.0 Å². The minimum atomic E-state index is -0.254. The summed E-state index contributed by atoms with van der Waals surface area (Å²) in [6, 6.07) is 13.8. The van der Waals surface area contributed by atoms with Gasteiger partial charge in [0.05, 0.1) is 19.9 Å². The topological polar surface area (TPSA) is 68.3 Å². The van der Waals surface area contributed by atoms with Crippen LogP contribution in [0.3, 0.4) is 0 Å². The monoisotopic (exact) mass is 368 g/mol. The van der Waals surface area contributed by atoms with Gasteiger partial charge in [-0.05, 0) is 25.1 Å². The largest absolute Gasteiger partial charge is 0.497 e. The number of aromatic nitrogens is 2. The zero-order chi connectivity index (χ0) is 19.2. The Kier molecular flexibility index (Phi) is 5.71. The second-order valence-electron chi connectivity index (χ2n) is 5.85. The molecule has 3 aromatic rings. The number of aryl methyl sites for hydroxylation is 1. The maximum Gasteiger partial charge on any atom is 0.229 e. The third-order valence-electron chi connectivity index (χ3n) is 3.93. The average Bonchev–Trinajstić information content (AvgIpc) is 2.67. The number of anilines is 3. The van der Waals surface area contributed by atoms with E-state index in [1.54, 1.807) is 50.6 Å². The van der Waals surface area contributed by atoms with Crippen LogP contribution in [0, 0.1) is 12.7 Å². The Morgan fingerprint density at radius 3 is 2.56 bits per heavy atom. The molecule has 0 bridgehead atoms. The lowest BCUT2D eigenvalue weighted by atomic mass is 10.2. The van der Waals surface area contributed by atoms with Gasteiger partial charge in [-0.3, -0.25) is 0 Å². The van der Waals surface area contributed by atoms with E-state index in [-0.39, 0.29) is 5.82 Å². The van der Waals surface area contributed by atoms with Gasteiger partial charge in [-0.15, -0.1) is 0 Å². The van der Waals surface area contributed by atoms with Crippen molar-refractivity contribution in [2.24, 2.45) is 0 Å². The van der Waals surface area contributed by atoms with Crippen LogP contribution in [0.4, 0.5) is 21.8 Å². The van der Waals surface area contributed by atoms with Crippen molar-refractivity contribution < 1.29 is 13.9 Å². The van der Waals surface area contributed by atoms with Crippen LogP contribution in [-0.4, -0.2) is 24.2 Å². The first-order valence-corrected chi connectivity index (χ1v) is 8.41. The van der Waals surface area contributed by atoms with Gasteiger partial charge in [0.1, 0.15) is 23.1 Å². The molecule has 0 amide bonds. The van der Waals surface area contributed by atoms with Gasteiger partial charge in [0.15, 0.2) is 0 Å². The molecule has 2 aromatic carbocycles. The molecule has 0 fully saturated rings. The lowest BCUT2D eigenvalue weighted by molar-refractivity contribution is 0.405. The molecule has 0 unspecified atom stereocenters. The van der Waals surface area contributed by atoms with Gasteiger partial charge in [-0.25, -0.2) is 9.37 Å². The third-order valence-corrected chi connectivity index (χ3v) is 3.93. The molecule has 0 saturated carbocycles. The molecule has 3 rings (SSSR count). The molecule has 0 aliphatic rings. The van der Waals surface area contributed by atoms with E-state index in [0.717, 1.165) is 5.69 Å². The van der Waals surface area contributed by atoms with Crippen LogP contribution in [0.1, 0.15) is 11.3 Å². The van der Waals surface area contributed by atoms with Crippen molar-refractivity contribution in [2.75, 3.05) is 24.9 Å². The fourth-order valence-electron chi connectivity index (χ4n) is 2.57. The molecule has 0 aliphatic carbocycles. The number of rotatable bonds is 7. The predicted molar refractivity (Wildman–Crippen MR) is 103 cm³/mol. The molecule has 6 nitrogen and oxygen atoms in total. The summed E-state index contributed by atoms with van der Waals surface area (Å²) >= 11 is 0. The zero-order valence-electron chi connectivity index (χ0n) is 15.4. The smallest absolute Gasteiger partial charge is 0.229 e. The first kappa shape index (κ1) is 18.4. The molecule has 27 heavy (non-hydrogen) atoms. The lowest BCUT2D eigenvalue weighted by Crippen LogP contribution is -2.07. The summed E-state index contributed by atoms with van der Waals surface area (Å²) in [6.45, 7) is 2.19. The van der Waals surface area contributed by atoms with Gasteiger partial charge >= 0.3 is 0 Å². The Bertz CT molecular complexity index is 934. The minimum Gasteiger partial charge on any atom is -0.497 e. The first-order chi connectivity index (χ1) is 13.1. The van der Waals surface area contributed by atoms with Crippen molar-refractivity contribution in [2.45, 2.75) is 13.5 Å². The number of nitrogens with one attached hydrogen (secondary N) is 2. The highest BCUT2D eigenvalue weighted by Crippen LogP contribution is 2.31. The fraction of sp³-hybridized carbons (Fsp3) is 0.200. The van der Waals surface area contributed by atoms with Crippen LogP contribution in [0.5, 0.6) is 11.5 Å². The number of ether oxygens (including phenoxy) is 2. The normalized spacial score (nSPS) is 10.4. The molecule has 0 aliphatic heterocycles. The maximum absolute atomic E-state index is 13.8. The summed E-state index contributed by atoms with van der Waals surface area (Å²) in [4.78, 5) is 8.85. The van der Waals surface area contributed by atoms with Gasteiger partial charge in [-0.2, -0.15) is 4.98 Å². The van der Waals surface area contributed by atoms with Crippen molar-refractivity contribution in [3.05, 3.63) is 65.6 Å². The number of hydrogen-bond acceptors (Lipinski definition) is 6. The van der Waals surface area contributed by atoms with E-state index < -0.39 is 0 Å². The molecule has 0 spiro atoms. The summed E-state index contributed by atoms with van der Waals surface area (Å²) in [5.41, 5.74) is 2.02. The molecule has 1 aromatic heterocycles. The van der Waals surface area contributed by atoms with E-state index in [2.05, 4.69) is 20.6 Å². The number of methoxy groups -OCH3 is 2. The molecular weight excluding hydrogens is 347 g/mol. The summed E-state index contributed by atoms with van der Waals surface area (Å²) in [5.74, 6) is 2.06. The third kappa shape index (κ3) is 4.63. The Morgan fingerprint density at radius 2 is 1.81 bits per heavy atom. The fourth-order valence-corrected chi connectivity index (χ4v) is 2.57. The van der Waals surface area contributed by atoms with E-state index in [4.69, 9.17) is 9.47 Å². The summed E-state index contributed by atoms with van der Waals surface area (Å²) in [6.07, 6.45) is 0. The molecule has 0 atom stereocenters. The quantitative estimate of drug-likeness (QED) is 0.648. The molecule has 0 saturated heterocycles.